The molecule has 11 heteroatoms. The fourth-order valence-electron chi connectivity index (χ4n) is 3.61. The van der Waals surface area contributed by atoms with Crippen molar-refractivity contribution in [2.75, 3.05) is 10.7 Å². The van der Waals surface area contributed by atoms with Crippen LogP contribution in [0.5, 0.6) is 5.75 Å². The van der Waals surface area contributed by atoms with Crippen molar-refractivity contribution in [3.05, 3.63) is 88.5 Å². The van der Waals surface area contributed by atoms with Crippen LogP contribution in [-0.4, -0.2) is 35.5 Å². The molecule has 178 valence electrons. The van der Waals surface area contributed by atoms with Crippen molar-refractivity contribution in [1.82, 2.24) is 0 Å². The number of benzene rings is 3. The van der Waals surface area contributed by atoms with Gasteiger partial charge in [-0.3, -0.25) is 15.0 Å². The van der Waals surface area contributed by atoms with E-state index in [0.29, 0.717) is 16.8 Å². The summed E-state index contributed by atoms with van der Waals surface area (Å²) < 4.78 is 34.0. The average molecular weight is 514 g/mol. The largest absolute Gasteiger partial charge is 1.00 e. The number of phenols is 1. The van der Waals surface area contributed by atoms with E-state index in [0.717, 1.165) is 29.3 Å². The smallest absolute Gasteiger partial charge is 0.744 e. The van der Waals surface area contributed by atoms with Crippen molar-refractivity contribution in [2.45, 2.75) is 18.7 Å². The van der Waals surface area contributed by atoms with E-state index in [1.165, 1.54) is 6.08 Å². The van der Waals surface area contributed by atoms with E-state index < -0.39 is 26.7 Å². The van der Waals surface area contributed by atoms with Gasteiger partial charge in [0.25, 0.3) is 5.91 Å². The van der Waals surface area contributed by atoms with Crippen LogP contribution in [0.2, 0.25) is 0 Å². The Bertz CT molecular complexity index is 1550. The SMILES string of the molecule is Cc1ccc(NC(=O)C2=Cc3ccccc3/C(=N/Nc3cc(S(=O)(=O)[O-])ccc3O)C2=O)c(C)c1.[Na+]. The number of hydrazone groups is 1. The van der Waals surface area contributed by atoms with Crippen LogP contribution >= 0.6 is 0 Å². The number of nitrogens with one attached hydrogen (secondary N) is 2. The molecule has 0 atom stereocenters. The minimum atomic E-state index is -4.78. The number of rotatable bonds is 5. The van der Waals surface area contributed by atoms with Crippen LogP contribution in [0.15, 0.2) is 76.2 Å². The summed E-state index contributed by atoms with van der Waals surface area (Å²) in [5, 5.41) is 16.9. The number of phenolic OH excluding ortho intramolecular Hbond substituents is 1. The number of amides is 1. The average Bonchev–Trinajstić information content (AvgIpc) is 2.80. The summed E-state index contributed by atoms with van der Waals surface area (Å²) in [6, 6.07) is 15.2. The van der Waals surface area contributed by atoms with Gasteiger partial charge in [-0.1, -0.05) is 42.0 Å². The molecule has 9 nitrogen and oxygen atoms in total. The molecule has 1 aliphatic rings. The number of aromatic hydroxyl groups is 1. The van der Waals surface area contributed by atoms with Crippen molar-refractivity contribution in [1.29, 1.82) is 0 Å². The summed E-state index contributed by atoms with van der Waals surface area (Å²) in [7, 11) is -4.78. The van der Waals surface area contributed by atoms with Crippen molar-refractivity contribution in [2.24, 2.45) is 5.10 Å². The molecule has 0 unspecified atom stereocenters. The van der Waals surface area contributed by atoms with E-state index in [-0.39, 0.29) is 52.3 Å². The molecule has 3 aromatic rings. The first-order valence-corrected chi connectivity index (χ1v) is 11.8. The number of anilines is 2. The monoisotopic (exact) mass is 513 g/mol. The van der Waals surface area contributed by atoms with Crippen LogP contribution in [0.1, 0.15) is 22.3 Å². The summed E-state index contributed by atoms with van der Waals surface area (Å²) in [6.45, 7) is 3.77. The number of carbonyl (C=O) groups excluding carboxylic acids is 2. The topological polar surface area (TPSA) is 148 Å². The van der Waals surface area contributed by atoms with Crippen LogP contribution in [0.25, 0.3) is 6.08 Å². The first kappa shape index (κ1) is 27.3. The number of ketones is 1. The molecule has 0 saturated carbocycles. The second-order valence-electron chi connectivity index (χ2n) is 7.95. The summed E-state index contributed by atoms with van der Waals surface area (Å²) in [6.07, 6.45) is 1.47. The van der Waals surface area contributed by atoms with Gasteiger partial charge in [0, 0.05) is 11.3 Å². The summed E-state index contributed by atoms with van der Waals surface area (Å²) in [5.74, 6) is -1.68. The number of hydrogen-bond donors (Lipinski definition) is 3. The maximum Gasteiger partial charge on any atom is 1.00 e. The van der Waals surface area contributed by atoms with Gasteiger partial charge in [-0.25, -0.2) is 8.42 Å². The second kappa shape index (κ2) is 10.8. The third kappa shape index (κ3) is 5.75. The number of carbonyl (C=O) groups is 2. The molecule has 0 fully saturated rings. The molecule has 4 rings (SSSR count). The van der Waals surface area contributed by atoms with E-state index in [2.05, 4.69) is 15.8 Å². The van der Waals surface area contributed by atoms with Gasteiger partial charge < -0.3 is 15.0 Å². The zero-order chi connectivity index (χ0) is 25.3. The molecule has 3 N–H and O–H groups in total. The zero-order valence-corrected chi connectivity index (χ0v) is 22.5. The van der Waals surface area contributed by atoms with Gasteiger partial charge in [-0.2, -0.15) is 5.10 Å². The molecular formula is C25H20N3NaO6S. The van der Waals surface area contributed by atoms with Gasteiger partial charge in [0.1, 0.15) is 21.6 Å². The fourth-order valence-corrected chi connectivity index (χ4v) is 4.11. The molecule has 0 aromatic heterocycles. The molecule has 0 bridgehead atoms. The van der Waals surface area contributed by atoms with E-state index >= 15 is 0 Å². The first-order chi connectivity index (χ1) is 16.5. The fraction of sp³-hybridized carbons (Fsp3) is 0.0800. The van der Waals surface area contributed by atoms with Gasteiger partial charge in [-0.05, 0) is 55.3 Å². The minimum absolute atomic E-state index is 0. The summed E-state index contributed by atoms with van der Waals surface area (Å²) >= 11 is 0. The third-order valence-electron chi connectivity index (χ3n) is 5.40. The summed E-state index contributed by atoms with van der Waals surface area (Å²) in [5.41, 5.74) is 5.40. The third-order valence-corrected chi connectivity index (χ3v) is 6.23. The van der Waals surface area contributed by atoms with Crippen molar-refractivity contribution < 1.29 is 57.2 Å². The molecule has 3 aromatic carbocycles. The van der Waals surface area contributed by atoms with E-state index in [9.17, 15) is 27.7 Å². The summed E-state index contributed by atoms with van der Waals surface area (Å²) in [4.78, 5) is 25.7. The normalized spacial score (nSPS) is 13.9. The Labute approximate surface area is 230 Å². The Balaban J connectivity index is 0.00000361. The van der Waals surface area contributed by atoms with Crippen LogP contribution in [0.4, 0.5) is 11.4 Å². The maximum atomic E-state index is 13.3. The van der Waals surface area contributed by atoms with E-state index in [4.69, 9.17) is 0 Å². The molecule has 0 aliphatic heterocycles. The molecule has 36 heavy (non-hydrogen) atoms. The molecule has 1 amide bonds. The van der Waals surface area contributed by atoms with E-state index in [1.807, 2.05) is 26.0 Å². The van der Waals surface area contributed by atoms with Gasteiger partial charge in [0.15, 0.2) is 0 Å². The predicted molar refractivity (Wildman–Crippen MR) is 130 cm³/mol. The van der Waals surface area contributed by atoms with Gasteiger partial charge in [0.05, 0.1) is 16.2 Å². The Kier molecular flexibility index (Phi) is 8.17. The van der Waals surface area contributed by atoms with Gasteiger partial charge in [-0.15, -0.1) is 0 Å². The maximum absolute atomic E-state index is 13.3. The standard InChI is InChI=1S/C25H21N3O6S.Na/c1-14-7-9-20(15(2)11-14)26-25(31)19-12-16-5-3-4-6-18(16)23(24(19)30)28-27-21-13-17(35(32,33)34)8-10-22(21)29;/h3-13,27,29H,1-2H3,(H,26,31)(H,32,33,34);/q;+1/p-1/b28-23-;. The zero-order valence-electron chi connectivity index (χ0n) is 19.7. The Morgan fingerprint density at radius 1 is 1.00 bits per heavy atom. The quantitative estimate of drug-likeness (QED) is 0.146. The molecule has 0 spiro atoms. The second-order valence-corrected chi connectivity index (χ2v) is 9.33. The number of nitrogens with zero attached hydrogens (tertiary/aromatic N) is 1. The van der Waals surface area contributed by atoms with Crippen molar-refractivity contribution >= 4 is 45.0 Å². The van der Waals surface area contributed by atoms with Crippen LogP contribution in [0.3, 0.4) is 0 Å². The van der Waals surface area contributed by atoms with Gasteiger partial charge in [0.2, 0.25) is 5.78 Å². The van der Waals surface area contributed by atoms with Gasteiger partial charge >= 0.3 is 29.6 Å². The van der Waals surface area contributed by atoms with Crippen LogP contribution < -0.4 is 40.3 Å². The number of hydrogen-bond acceptors (Lipinski definition) is 8. The Morgan fingerprint density at radius 2 is 1.72 bits per heavy atom. The molecular weight excluding hydrogens is 493 g/mol. The predicted octanol–water partition coefficient (Wildman–Crippen LogP) is 0.338. The Morgan fingerprint density at radius 3 is 2.42 bits per heavy atom. The van der Waals surface area contributed by atoms with E-state index in [1.54, 1.807) is 30.3 Å². The van der Waals surface area contributed by atoms with Crippen molar-refractivity contribution in [3.8, 4) is 5.75 Å². The molecule has 1 aliphatic carbocycles. The van der Waals surface area contributed by atoms with Crippen LogP contribution in [-0.2, 0) is 19.7 Å². The number of Topliss-reactive ketones (excluding diaryl/α,β-unsaturated/α-hetero) is 1. The van der Waals surface area contributed by atoms with Crippen LogP contribution in [0, 0.1) is 13.8 Å². The first-order valence-electron chi connectivity index (χ1n) is 10.4. The molecule has 0 saturated heterocycles. The minimum Gasteiger partial charge on any atom is -0.744 e. The number of aryl methyl sites for hydroxylation is 2. The van der Waals surface area contributed by atoms with Crippen molar-refractivity contribution in [3.63, 3.8) is 0 Å². The molecule has 0 radical (unpaired) electrons. The molecule has 0 heterocycles. The Hall–Kier alpha value is -3.28. The number of fused-ring (bicyclic) bond motifs is 1.